The van der Waals surface area contributed by atoms with E-state index in [0.29, 0.717) is 15.7 Å². The van der Waals surface area contributed by atoms with Gasteiger partial charge < -0.3 is 10.4 Å². The van der Waals surface area contributed by atoms with Crippen LogP contribution in [0.4, 0.5) is 5.13 Å². The Balaban J connectivity index is 2.62. The summed E-state index contributed by atoms with van der Waals surface area (Å²) in [5, 5.41) is 12.6. The van der Waals surface area contributed by atoms with Gasteiger partial charge in [-0.05, 0) is 13.3 Å². The van der Waals surface area contributed by atoms with Crippen LogP contribution < -0.4 is 5.32 Å². The third-order valence-electron chi connectivity index (χ3n) is 1.80. The van der Waals surface area contributed by atoms with Gasteiger partial charge in [0, 0.05) is 6.54 Å². The van der Waals surface area contributed by atoms with Crippen LogP contribution in [0.3, 0.4) is 0 Å². The zero-order valence-corrected chi connectivity index (χ0v) is 9.15. The van der Waals surface area contributed by atoms with Gasteiger partial charge in [-0.1, -0.05) is 24.7 Å². The Kier molecular flexibility index (Phi) is 3.88. The summed E-state index contributed by atoms with van der Waals surface area (Å²) >= 11 is 1.20. The quantitative estimate of drug-likeness (QED) is 0.739. The molecule has 0 amide bonds. The lowest BCUT2D eigenvalue weighted by Crippen LogP contribution is -1.99. The number of hydrogen-bond donors (Lipinski definition) is 2. The number of carbonyl (C=O) groups is 1. The molecule has 14 heavy (non-hydrogen) atoms. The first-order valence-electron chi connectivity index (χ1n) is 4.59. The molecule has 0 bridgehead atoms. The summed E-state index contributed by atoms with van der Waals surface area (Å²) < 4.78 is 0. The van der Waals surface area contributed by atoms with Crippen molar-refractivity contribution in [3.8, 4) is 0 Å². The van der Waals surface area contributed by atoms with Crippen LogP contribution in [0, 0.1) is 6.92 Å². The van der Waals surface area contributed by atoms with E-state index in [4.69, 9.17) is 5.11 Å². The summed E-state index contributed by atoms with van der Waals surface area (Å²) in [6.45, 7) is 4.67. The highest BCUT2D eigenvalue weighted by molar-refractivity contribution is 7.17. The largest absolute Gasteiger partial charge is 0.477 e. The topological polar surface area (TPSA) is 62.2 Å². The number of unbranched alkanes of at least 4 members (excludes halogenated alkanes) is 1. The van der Waals surface area contributed by atoms with Gasteiger partial charge in [0.1, 0.15) is 4.88 Å². The monoisotopic (exact) mass is 214 g/mol. The molecule has 0 saturated carbocycles. The minimum absolute atomic E-state index is 0.323. The number of aryl methyl sites for hydroxylation is 1. The number of nitrogens with one attached hydrogen (secondary N) is 1. The first-order chi connectivity index (χ1) is 6.65. The molecule has 0 saturated heterocycles. The van der Waals surface area contributed by atoms with Crippen LogP contribution in [0.2, 0.25) is 0 Å². The number of aromatic carboxylic acids is 1. The molecule has 0 aliphatic rings. The summed E-state index contributed by atoms with van der Waals surface area (Å²) in [5.74, 6) is -0.899. The first-order valence-corrected chi connectivity index (χ1v) is 5.41. The molecular weight excluding hydrogens is 200 g/mol. The Hall–Kier alpha value is -1.10. The Bertz CT molecular complexity index is 323. The number of anilines is 1. The second-order valence-electron chi connectivity index (χ2n) is 3.02. The molecule has 0 atom stereocenters. The van der Waals surface area contributed by atoms with Gasteiger partial charge in [-0.25, -0.2) is 9.78 Å². The predicted molar refractivity (Wildman–Crippen MR) is 57.2 cm³/mol. The third-order valence-corrected chi connectivity index (χ3v) is 2.90. The average molecular weight is 214 g/mol. The van der Waals surface area contributed by atoms with Gasteiger partial charge in [0.2, 0.25) is 0 Å². The van der Waals surface area contributed by atoms with Crippen molar-refractivity contribution in [1.82, 2.24) is 4.98 Å². The molecule has 0 unspecified atom stereocenters. The van der Waals surface area contributed by atoms with E-state index < -0.39 is 5.97 Å². The molecule has 0 fully saturated rings. The van der Waals surface area contributed by atoms with Gasteiger partial charge in [0.15, 0.2) is 5.13 Å². The molecule has 1 aromatic heterocycles. The minimum atomic E-state index is -0.899. The molecule has 0 spiro atoms. The Morgan fingerprint density at radius 2 is 2.36 bits per heavy atom. The molecule has 4 nitrogen and oxygen atoms in total. The SMILES string of the molecule is CCCCNc1nc(C)c(C(=O)O)s1. The van der Waals surface area contributed by atoms with Crippen molar-refractivity contribution in [3.63, 3.8) is 0 Å². The van der Waals surface area contributed by atoms with Crippen molar-refractivity contribution < 1.29 is 9.90 Å². The first kappa shape index (κ1) is 11.0. The minimum Gasteiger partial charge on any atom is -0.477 e. The molecule has 78 valence electrons. The number of nitrogens with zero attached hydrogens (tertiary/aromatic N) is 1. The molecule has 2 N–H and O–H groups in total. The molecule has 1 heterocycles. The van der Waals surface area contributed by atoms with Crippen molar-refractivity contribution in [2.45, 2.75) is 26.7 Å². The highest BCUT2D eigenvalue weighted by atomic mass is 32.1. The summed E-state index contributed by atoms with van der Waals surface area (Å²) in [5.41, 5.74) is 0.585. The van der Waals surface area contributed by atoms with Crippen LogP contribution in [0.15, 0.2) is 0 Å². The van der Waals surface area contributed by atoms with Gasteiger partial charge in [-0.3, -0.25) is 0 Å². The van der Waals surface area contributed by atoms with E-state index in [1.807, 2.05) is 0 Å². The van der Waals surface area contributed by atoms with Gasteiger partial charge in [-0.2, -0.15) is 0 Å². The molecule has 5 heteroatoms. The fourth-order valence-corrected chi connectivity index (χ4v) is 1.87. The van der Waals surface area contributed by atoms with E-state index in [-0.39, 0.29) is 0 Å². The van der Waals surface area contributed by atoms with E-state index in [1.165, 1.54) is 11.3 Å². The standard InChI is InChI=1S/C9H14N2O2S/c1-3-4-5-10-9-11-6(2)7(14-9)8(12)13/h3-5H2,1-2H3,(H,10,11)(H,12,13). The summed E-state index contributed by atoms with van der Waals surface area (Å²) in [4.78, 5) is 15.2. The van der Waals surface area contributed by atoms with Crippen molar-refractivity contribution in [2.24, 2.45) is 0 Å². The molecule has 0 radical (unpaired) electrons. The lowest BCUT2D eigenvalue weighted by Gasteiger charge is -1.98. The van der Waals surface area contributed by atoms with Crippen LogP contribution in [0.5, 0.6) is 0 Å². The van der Waals surface area contributed by atoms with E-state index in [2.05, 4.69) is 17.2 Å². The third kappa shape index (κ3) is 2.70. The Labute approximate surface area is 87.0 Å². The number of aromatic nitrogens is 1. The van der Waals surface area contributed by atoms with Crippen molar-refractivity contribution >= 4 is 22.4 Å². The summed E-state index contributed by atoms with van der Waals surface area (Å²) in [6, 6.07) is 0. The van der Waals surface area contributed by atoms with Crippen LogP contribution in [-0.4, -0.2) is 22.6 Å². The maximum Gasteiger partial charge on any atom is 0.347 e. The van der Waals surface area contributed by atoms with Gasteiger partial charge >= 0.3 is 5.97 Å². The van der Waals surface area contributed by atoms with Gasteiger partial charge in [0.05, 0.1) is 5.69 Å². The van der Waals surface area contributed by atoms with Crippen LogP contribution >= 0.6 is 11.3 Å². The highest BCUT2D eigenvalue weighted by Gasteiger charge is 2.13. The summed E-state index contributed by atoms with van der Waals surface area (Å²) in [6.07, 6.45) is 2.18. The van der Waals surface area contributed by atoms with Crippen molar-refractivity contribution in [1.29, 1.82) is 0 Å². The van der Waals surface area contributed by atoms with Crippen molar-refractivity contribution in [3.05, 3.63) is 10.6 Å². The molecule has 0 aromatic carbocycles. The number of hydrogen-bond acceptors (Lipinski definition) is 4. The van der Waals surface area contributed by atoms with Crippen LogP contribution in [0.25, 0.3) is 0 Å². The Morgan fingerprint density at radius 3 is 2.86 bits per heavy atom. The number of rotatable bonds is 5. The highest BCUT2D eigenvalue weighted by Crippen LogP contribution is 2.22. The molecule has 0 aliphatic carbocycles. The maximum absolute atomic E-state index is 10.7. The number of thiazole rings is 1. The average Bonchev–Trinajstić information content (AvgIpc) is 2.47. The van der Waals surface area contributed by atoms with E-state index in [9.17, 15) is 4.79 Å². The van der Waals surface area contributed by atoms with Crippen molar-refractivity contribution in [2.75, 3.05) is 11.9 Å². The van der Waals surface area contributed by atoms with E-state index in [1.54, 1.807) is 6.92 Å². The fraction of sp³-hybridized carbons (Fsp3) is 0.556. The van der Waals surface area contributed by atoms with Crippen LogP contribution in [-0.2, 0) is 0 Å². The fourth-order valence-electron chi connectivity index (χ4n) is 1.04. The smallest absolute Gasteiger partial charge is 0.347 e. The number of carboxylic acid groups (broad SMARTS) is 1. The molecule has 1 rings (SSSR count). The molecule has 0 aliphatic heterocycles. The summed E-state index contributed by atoms with van der Waals surface area (Å²) in [7, 11) is 0. The lowest BCUT2D eigenvalue weighted by molar-refractivity contribution is 0.0701. The predicted octanol–water partition coefficient (Wildman–Crippen LogP) is 2.36. The lowest BCUT2D eigenvalue weighted by atomic mass is 10.3. The maximum atomic E-state index is 10.7. The van der Waals surface area contributed by atoms with Gasteiger partial charge in [-0.15, -0.1) is 0 Å². The zero-order chi connectivity index (χ0) is 10.6. The molecular formula is C9H14N2O2S. The zero-order valence-electron chi connectivity index (χ0n) is 8.33. The second kappa shape index (κ2) is 4.95. The number of carboxylic acids is 1. The van der Waals surface area contributed by atoms with E-state index in [0.717, 1.165) is 19.4 Å². The van der Waals surface area contributed by atoms with Gasteiger partial charge in [0.25, 0.3) is 0 Å². The second-order valence-corrected chi connectivity index (χ2v) is 4.02. The van der Waals surface area contributed by atoms with Crippen LogP contribution in [0.1, 0.15) is 35.1 Å². The normalized spacial score (nSPS) is 10.1. The molecule has 1 aromatic rings. The van der Waals surface area contributed by atoms with E-state index >= 15 is 0 Å². The Morgan fingerprint density at radius 1 is 1.64 bits per heavy atom.